The van der Waals surface area contributed by atoms with E-state index in [0.29, 0.717) is 10.8 Å². The predicted molar refractivity (Wildman–Crippen MR) is 99.3 cm³/mol. The summed E-state index contributed by atoms with van der Waals surface area (Å²) in [7, 11) is 0. The fraction of sp³-hybridized carbons (Fsp3) is 0.100. The molecule has 162 valence electrons. The zero-order valence-electron chi connectivity index (χ0n) is 15.2. The number of phenolic OH excluding ortho intramolecular Hbond substituents is 1. The number of rotatable bonds is 2. The Morgan fingerprint density at radius 1 is 0.710 bits per heavy atom. The third-order valence-corrected chi connectivity index (χ3v) is 4.20. The molecule has 3 aromatic carbocycles. The van der Waals surface area contributed by atoms with Crippen LogP contribution < -0.4 is 10.6 Å². The van der Waals surface area contributed by atoms with Gasteiger partial charge in [-0.05, 0) is 30.3 Å². The molecule has 0 saturated carbocycles. The van der Waals surface area contributed by atoms with Crippen molar-refractivity contribution in [3.8, 4) is 5.75 Å². The molecule has 3 N–H and O–H groups in total. The molecular weight excluding hydrogens is 430 g/mol. The zero-order valence-corrected chi connectivity index (χ0v) is 15.2. The van der Waals surface area contributed by atoms with Gasteiger partial charge >= 0.3 is 24.2 Å². The Balaban J connectivity index is 1.87. The summed E-state index contributed by atoms with van der Waals surface area (Å²) in [5.41, 5.74) is -4.02. The number of benzene rings is 3. The van der Waals surface area contributed by atoms with E-state index < -0.39 is 41.0 Å². The van der Waals surface area contributed by atoms with Gasteiger partial charge < -0.3 is 15.7 Å². The summed E-state index contributed by atoms with van der Waals surface area (Å²) >= 11 is 0. The molecule has 5 nitrogen and oxygen atoms in total. The smallest absolute Gasteiger partial charge is 0.416 e. The lowest BCUT2D eigenvalue weighted by Gasteiger charge is -2.15. The Labute approximate surface area is 170 Å². The first kappa shape index (κ1) is 21.9. The van der Waals surface area contributed by atoms with E-state index in [1.165, 1.54) is 30.3 Å². The number of aromatic hydroxyl groups is 1. The molecule has 2 amide bonds. The number of amides is 2. The van der Waals surface area contributed by atoms with E-state index in [9.17, 15) is 41.0 Å². The Morgan fingerprint density at radius 2 is 1.23 bits per heavy atom. The second-order valence-electron chi connectivity index (χ2n) is 6.38. The van der Waals surface area contributed by atoms with Crippen LogP contribution >= 0.6 is 0 Å². The maximum atomic E-state index is 12.9. The third-order valence-electron chi connectivity index (χ3n) is 4.20. The zero-order chi connectivity index (χ0) is 23.0. The highest BCUT2D eigenvalue weighted by molar-refractivity contribution is 6.44. The van der Waals surface area contributed by atoms with E-state index in [1.54, 1.807) is 11.4 Å². The van der Waals surface area contributed by atoms with Crippen LogP contribution in [0.2, 0.25) is 0 Å². The average molecular weight is 442 g/mol. The van der Waals surface area contributed by atoms with E-state index >= 15 is 0 Å². The number of phenols is 1. The molecule has 0 atom stereocenters. The van der Waals surface area contributed by atoms with Crippen LogP contribution in [0.1, 0.15) is 11.1 Å². The number of anilines is 2. The molecular formula is C20H12F6N2O3. The van der Waals surface area contributed by atoms with Crippen molar-refractivity contribution in [2.45, 2.75) is 12.4 Å². The lowest BCUT2D eigenvalue weighted by atomic mass is 10.1. The first-order chi connectivity index (χ1) is 14.4. The molecule has 3 rings (SSSR count). The summed E-state index contributed by atoms with van der Waals surface area (Å²) in [6.07, 6.45) is -10.2. The number of hydrogen-bond acceptors (Lipinski definition) is 3. The van der Waals surface area contributed by atoms with Crippen molar-refractivity contribution in [1.29, 1.82) is 0 Å². The highest BCUT2D eigenvalue weighted by Gasteiger charge is 2.37. The summed E-state index contributed by atoms with van der Waals surface area (Å²) in [5.74, 6) is -2.91. The summed E-state index contributed by atoms with van der Waals surface area (Å²) < 4.78 is 77.5. The van der Waals surface area contributed by atoms with Gasteiger partial charge in [0.2, 0.25) is 0 Å². The average Bonchev–Trinajstić information content (AvgIpc) is 2.67. The van der Waals surface area contributed by atoms with Crippen LogP contribution in [0, 0.1) is 0 Å². The monoisotopic (exact) mass is 442 g/mol. The van der Waals surface area contributed by atoms with Crippen molar-refractivity contribution in [1.82, 2.24) is 0 Å². The van der Waals surface area contributed by atoms with Crippen molar-refractivity contribution >= 4 is 34.0 Å². The predicted octanol–water partition coefficient (Wildman–Crippen LogP) is 5.16. The van der Waals surface area contributed by atoms with Gasteiger partial charge in [-0.15, -0.1) is 0 Å². The van der Waals surface area contributed by atoms with Gasteiger partial charge in [-0.2, -0.15) is 26.3 Å². The molecule has 0 radical (unpaired) electrons. The summed E-state index contributed by atoms with van der Waals surface area (Å²) in [5, 5.41) is 14.5. The molecule has 31 heavy (non-hydrogen) atoms. The fourth-order valence-corrected chi connectivity index (χ4v) is 2.80. The van der Waals surface area contributed by atoms with Crippen LogP contribution in [0.25, 0.3) is 10.8 Å². The van der Waals surface area contributed by atoms with Crippen molar-refractivity contribution in [3.63, 3.8) is 0 Å². The van der Waals surface area contributed by atoms with Gasteiger partial charge in [0.25, 0.3) is 0 Å². The molecule has 0 aliphatic rings. The van der Waals surface area contributed by atoms with E-state index in [4.69, 9.17) is 0 Å². The Hall–Kier alpha value is -3.76. The van der Waals surface area contributed by atoms with Crippen molar-refractivity contribution in [2.24, 2.45) is 0 Å². The van der Waals surface area contributed by atoms with Crippen LogP contribution in [0.5, 0.6) is 5.75 Å². The quantitative estimate of drug-likeness (QED) is 0.379. The first-order valence-corrected chi connectivity index (χ1v) is 8.49. The van der Waals surface area contributed by atoms with Crippen LogP contribution in [0.15, 0.2) is 54.6 Å². The topological polar surface area (TPSA) is 78.4 Å². The number of carbonyl (C=O) groups excluding carboxylic acids is 2. The molecule has 0 spiro atoms. The summed E-state index contributed by atoms with van der Waals surface area (Å²) in [6.45, 7) is 0. The standard InChI is InChI=1S/C20H12F6N2O3/c21-19(22,23)10-7-11(20(24,25)26)9-12(8-10)27-17(30)18(31)28-15-5-1-4-14-13(15)3-2-6-16(14)29/h1-9,29H,(H,27,30)(H,28,31). The number of fused-ring (bicyclic) bond motifs is 1. The SMILES string of the molecule is O=C(Nc1cc(C(F)(F)F)cc(C(F)(F)F)c1)C(=O)Nc1cccc2c(O)cccc12. The van der Waals surface area contributed by atoms with Gasteiger partial charge in [-0.3, -0.25) is 9.59 Å². The summed E-state index contributed by atoms with van der Waals surface area (Å²) in [4.78, 5) is 24.3. The van der Waals surface area contributed by atoms with Gasteiger partial charge in [-0.25, -0.2) is 0 Å². The first-order valence-electron chi connectivity index (χ1n) is 8.49. The number of carbonyl (C=O) groups is 2. The van der Waals surface area contributed by atoms with Crippen molar-refractivity contribution < 1.29 is 41.0 Å². The van der Waals surface area contributed by atoms with Gasteiger partial charge in [0.15, 0.2) is 0 Å². The second-order valence-corrected chi connectivity index (χ2v) is 6.38. The van der Waals surface area contributed by atoms with Gasteiger partial charge in [0, 0.05) is 22.1 Å². The lowest BCUT2D eigenvalue weighted by molar-refractivity contribution is -0.143. The highest BCUT2D eigenvalue weighted by atomic mass is 19.4. The maximum Gasteiger partial charge on any atom is 0.416 e. The van der Waals surface area contributed by atoms with Crippen LogP contribution in [0.3, 0.4) is 0 Å². The van der Waals surface area contributed by atoms with Gasteiger partial charge in [0.05, 0.1) is 11.1 Å². The Morgan fingerprint density at radius 3 is 1.81 bits per heavy atom. The Bertz CT molecular complexity index is 1140. The molecule has 0 aromatic heterocycles. The molecule has 0 aliphatic carbocycles. The molecule has 0 saturated heterocycles. The fourth-order valence-electron chi connectivity index (χ4n) is 2.80. The molecule has 0 unspecified atom stereocenters. The van der Waals surface area contributed by atoms with Crippen LogP contribution in [0.4, 0.5) is 37.7 Å². The molecule has 0 heterocycles. The third kappa shape index (κ3) is 4.87. The summed E-state index contributed by atoms with van der Waals surface area (Å²) in [6, 6.07) is 9.30. The van der Waals surface area contributed by atoms with Crippen molar-refractivity contribution in [3.05, 3.63) is 65.7 Å². The normalized spacial score (nSPS) is 11.9. The molecule has 3 aromatic rings. The minimum atomic E-state index is -5.10. The van der Waals surface area contributed by atoms with Crippen molar-refractivity contribution in [2.75, 3.05) is 10.6 Å². The number of nitrogens with one attached hydrogen (secondary N) is 2. The number of hydrogen-bond donors (Lipinski definition) is 3. The highest BCUT2D eigenvalue weighted by Crippen LogP contribution is 2.37. The lowest BCUT2D eigenvalue weighted by Crippen LogP contribution is -2.29. The van der Waals surface area contributed by atoms with Crippen LogP contribution in [-0.4, -0.2) is 16.9 Å². The van der Waals surface area contributed by atoms with Crippen LogP contribution in [-0.2, 0) is 21.9 Å². The minimum absolute atomic E-state index is 0.0957. The molecule has 0 fully saturated rings. The molecule has 0 bridgehead atoms. The Kier molecular flexibility index (Phi) is 5.53. The molecule has 11 heteroatoms. The number of halogens is 6. The van der Waals surface area contributed by atoms with E-state index in [2.05, 4.69) is 5.32 Å². The second kappa shape index (κ2) is 7.82. The number of alkyl halides is 6. The van der Waals surface area contributed by atoms with Gasteiger partial charge in [0.1, 0.15) is 5.75 Å². The molecule has 0 aliphatic heterocycles. The van der Waals surface area contributed by atoms with E-state index in [1.807, 2.05) is 0 Å². The van der Waals surface area contributed by atoms with E-state index in [-0.39, 0.29) is 29.6 Å². The minimum Gasteiger partial charge on any atom is -0.507 e. The van der Waals surface area contributed by atoms with E-state index in [0.717, 1.165) is 0 Å². The van der Waals surface area contributed by atoms with Gasteiger partial charge in [-0.1, -0.05) is 24.3 Å². The largest absolute Gasteiger partial charge is 0.507 e. The maximum absolute atomic E-state index is 12.9.